The molecule has 1 aliphatic carbocycles. The van der Waals surface area contributed by atoms with Gasteiger partial charge in [0.25, 0.3) is 0 Å². The number of unbranched alkanes of at least 4 members (excludes halogenated alkanes) is 2. The van der Waals surface area contributed by atoms with Gasteiger partial charge in [-0.2, -0.15) is 0 Å². The third kappa shape index (κ3) is 5.35. The Morgan fingerprint density at radius 3 is 2.46 bits per heavy atom. The molecule has 3 nitrogen and oxygen atoms in total. The van der Waals surface area contributed by atoms with Gasteiger partial charge in [-0.25, -0.2) is 0 Å². The minimum atomic E-state index is -0.0839. The molecule has 0 bridgehead atoms. The lowest BCUT2D eigenvalue weighted by molar-refractivity contribution is 0.407. The molecule has 35 heavy (non-hydrogen) atoms. The highest BCUT2D eigenvalue weighted by Gasteiger charge is 2.32. The van der Waals surface area contributed by atoms with E-state index in [0.717, 1.165) is 71.9 Å². The molecule has 2 aromatic carbocycles. The number of phenolic OH excluding ortho intramolecular Hbond substituents is 2. The van der Waals surface area contributed by atoms with E-state index in [1.165, 1.54) is 5.57 Å². The molecule has 0 radical (unpaired) electrons. The molecule has 2 N–H and O–H groups in total. The summed E-state index contributed by atoms with van der Waals surface area (Å²) in [7, 11) is 0. The van der Waals surface area contributed by atoms with Gasteiger partial charge in [-0.1, -0.05) is 73.9 Å². The molecule has 1 heterocycles. The average molecular weight is 468 g/mol. The summed E-state index contributed by atoms with van der Waals surface area (Å²) in [5, 5.41) is 23.0. The SMILES string of the molecule is C=C(C)C1CCC(C)=CC1c1c(O)cc(CCCCC)c(-c2ccc(-c3cccnc3)cc2)c1O. The van der Waals surface area contributed by atoms with Crippen LogP contribution in [0.15, 0.2) is 78.7 Å². The van der Waals surface area contributed by atoms with Crippen LogP contribution in [0.5, 0.6) is 11.5 Å². The molecule has 0 fully saturated rings. The van der Waals surface area contributed by atoms with E-state index in [4.69, 9.17) is 0 Å². The Bertz CT molecular complexity index is 1210. The highest BCUT2D eigenvalue weighted by atomic mass is 16.3. The summed E-state index contributed by atoms with van der Waals surface area (Å²) in [4.78, 5) is 4.23. The fourth-order valence-electron chi connectivity index (χ4n) is 5.41. The van der Waals surface area contributed by atoms with Crippen LogP contribution in [0, 0.1) is 5.92 Å². The van der Waals surface area contributed by atoms with Crippen LogP contribution in [0.2, 0.25) is 0 Å². The predicted octanol–water partition coefficient (Wildman–Crippen LogP) is 8.58. The van der Waals surface area contributed by atoms with Gasteiger partial charge in [0.05, 0.1) is 0 Å². The first-order valence-electron chi connectivity index (χ1n) is 12.8. The largest absolute Gasteiger partial charge is 0.507 e. The molecule has 0 aliphatic heterocycles. The van der Waals surface area contributed by atoms with Crippen molar-refractivity contribution in [3.05, 3.63) is 89.8 Å². The zero-order valence-corrected chi connectivity index (χ0v) is 21.2. The molecule has 0 spiro atoms. The first-order chi connectivity index (χ1) is 16.9. The Labute approximate surface area is 209 Å². The van der Waals surface area contributed by atoms with Gasteiger partial charge >= 0.3 is 0 Å². The van der Waals surface area contributed by atoms with E-state index >= 15 is 0 Å². The minimum Gasteiger partial charge on any atom is -0.507 e. The summed E-state index contributed by atoms with van der Waals surface area (Å²) in [6, 6.07) is 14.2. The fraction of sp³-hybridized carbons (Fsp3) is 0.344. The topological polar surface area (TPSA) is 53.4 Å². The predicted molar refractivity (Wildman–Crippen MR) is 146 cm³/mol. The second-order valence-corrected chi connectivity index (χ2v) is 10.00. The molecular formula is C32H37NO2. The van der Waals surface area contributed by atoms with Crippen molar-refractivity contribution in [2.45, 2.75) is 65.2 Å². The summed E-state index contributed by atoms with van der Waals surface area (Å²) >= 11 is 0. The lowest BCUT2D eigenvalue weighted by Crippen LogP contribution is -2.17. The summed E-state index contributed by atoms with van der Waals surface area (Å²) in [6.45, 7) is 10.6. The van der Waals surface area contributed by atoms with Crippen LogP contribution in [0.25, 0.3) is 22.3 Å². The quantitative estimate of drug-likeness (QED) is 0.258. The van der Waals surface area contributed by atoms with E-state index in [0.29, 0.717) is 5.56 Å². The van der Waals surface area contributed by atoms with E-state index in [1.54, 1.807) is 6.20 Å². The maximum Gasteiger partial charge on any atom is 0.131 e. The second kappa shape index (κ2) is 10.9. The van der Waals surface area contributed by atoms with E-state index in [2.05, 4.69) is 62.7 Å². The number of aromatic hydroxyl groups is 2. The first kappa shape index (κ1) is 24.8. The molecule has 0 saturated heterocycles. The number of phenols is 2. The number of allylic oxidation sites excluding steroid dienone is 3. The number of benzene rings is 2. The molecule has 2 unspecified atom stereocenters. The maximum atomic E-state index is 11.8. The van der Waals surface area contributed by atoms with Crippen molar-refractivity contribution in [1.29, 1.82) is 0 Å². The van der Waals surface area contributed by atoms with Gasteiger partial charge in [0.2, 0.25) is 0 Å². The smallest absolute Gasteiger partial charge is 0.131 e. The summed E-state index contributed by atoms with van der Waals surface area (Å²) in [5.41, 5.74) is 7.95. The van der Waals surface area contributed by atoms with Crippen LogP contribution < -0.4 is 0 Å². The number of pyridine rings is 1. The van der Waals surface area contributed by atoms with Crippen LogP contribution in [0.3, 0.4) is 0 Å². The molecular weight excluding hydrogens is 430 g/mol. The van der Waals surface area contributed by atoms with Gasteiger partial charge < -0.3 is 10.2 Å². The molecule has 1 aromatic heterocycles. The van der Waals surface area contributed by atoms with Crippen molar-refractivity contribution in [1.82, 2.24) is 4.98 Å². The highest BCUT2D eigenvalue weighted by Crippen LogP contribution is 2.50. The number of nitrogens with zero attached hydrogens (tertiary/aromatic N) is 1. The standard InChI is InChI=1S/C32H37NO2/c1-5-6-7-9-25-19-29(34)31(28-18-22(4)11-16-27(28)21(2)3)32(35)30(25)24-14-12-23(13-15-24)26-10-8-17-33-20-26/h8,10,12-15,17-20,27-28,34-35H,2,5-7,9,11,16H2,1,3-4H3. The van der Waals surface area contributed by atoms with E-state index in [1.807, 2.05) is 24.4 Å². The second-order valence-electron chi connectivity index (χ2n) is 10.00. The fourth-order valence-corrected chi connectivity index (χ4v) is 5.41. The third-order valence-electron chi connectivity index (χ3n) is 7.33. The summed E-state index contributed by atoms with van der Waals surface area (Å²) in [5.74, 6) is 0.501. The van der Waals surface area contributed by atoms with Crippen LogP contribution in [0.1, 0.15) is 69.9 Å². The molecule has 3 heteroatoms. The van der Waals surface area contributed by atoms with E-state index in [-0.39, 0.29) is 23.3 Å². The summed E-state index contributed by atoms with van der Waals surface area (Å²) < 4.78 is 0. The lowest BCUT2D eigenvalue weighted by Gasteiger charge is -2.32. The Kier molecular flexibility index (Phi) is 7.75. The van der Waals surface area contributed by atoms with Gasteiger partial charge in [0.15, 0.2) is 0 Å². The van der Waals surface area contributed by atoms with E-state index < -0.39 is 0 Å². The van der Waals surface area contributed by atoms with Crippen LogP contribution in [-0.2, 0) is 6.42 Å². The zero-order chi connectivity index (χ0) is 24.9. The van der Waals surface area contributed by atoms with Gasteiger partial charge in [-0.15, -0.1) is 0 Å². The molecule has 4 rings (SSSR count). The van der Waals surface area contributed by atoms with Crippen molar-refractivity contribution >= 4 is 0 Å². The molecule has 1 aliphatic rings. The molecule has 0 amide bonds. The number of hydrogen-bond donors (Lipinski definition) is 2. The van der Waals surface area contributed by atoms with Gasteiger partial charge in [0, 0.05) is 29.4 Å². The molecule has 2 atom stereocenters. The van der Waals surface area contributed by atoms with Crippen molar-refractivity contribution in [2.75, 3.05) is 0 Å². The molecule has 182 valence electrons. The van der Waals surface area contributed by atoms with Crippen molar-refractivity contribution < 1.29 is 10.2 Å². The van der Waals surface area contributed by atoms with Gasteiger partial charge in [0.1, 0.15) is 11.5 Å². The van der Waals surface area contributed by atoms with Crippen molar-refractivity contribution in [2.24, 2.45) is 5.92 Å². The maximum absolute atomic E-state index is 11.8. The highest BCUT2D eigenvalue weighted by molar-refractivity contribution is 5.79. The number of aryl methyl sites for hydroxylation is 1. The Morgan fingerprint density at radius 2 is 1.80 bits per heavy atom. The third-order valence-corrected chi connectivity index (χ3v) is 7.33. The lowest BCUT2D eigenvalue weighted by atomic mass is 9.73. The summed E-state index contributed by atoms with van der Waals surface area (Å²) in [6.07, 6.45) is 11.9. The Balaban J connectivity index is 1.84. The monoisotopic (exact) mass is 467 g/mol. The Morgan fingerprint density at radius 1 is 1.06 bits per heavy atom. The van der Waals surface area contributed by atoms with Crippen LogP contribution in [-0.4, -0.2) is 15.2 Å². The Hall–Kier alpha value is -3.33. The minimum absolute atomic E-state index is 0.0839. The first-order valence-corrected chi connectivity index (χ1v) is 12.8. The van der Waals surface area contributed by atoms with Crippen molar-refractivity contribution in [3.8, 4) is 33.8 Å². The van der Waals surface area contributed by atoms with Gasteiger partial charge in [-0.05, 0) is 79.8 Å². The molecule has 3 aromatic rings. The van der Waals surface area contributed by atoms with Crippen molar-refractivity contribution in [3.63, 3.8) is 0 Å². The van der Waals surface area contributed by atoms with Gasteiger partial charge in [-0.3, -0.25) is 4.98 Å². The van der Waals surface area contributed by atoms with Crippen LogP contribution in [0.4, 0.5) is 0 Å². The van der Waals surface area contributed by atoms with Crippen LogP contribution >= 0.6 is 0 Å². The number of aromatic nitrogens is 1. The normalized spacial score (nSPS) is 17.7. The van der Waals surface area contributed by atoms with E-state index in [9.17, 15) is 10.2 Å². The number of rotatable bonds is 8. The average Bonchev–Trinajstić information content (AvgIpc) is 2.85. The molecule has 0 saturated carbocycles. The number of hydrogen-bond acceptors (Lipinski definition) is 3. The zero-order valence-electron chi connectivity index (χ0n) is 21.2.